The largest absolute Gasteiger partial charge is 0.398 e. The van der Waals surface area contributed by atoms with E-state index in [9.17, 15) is 4.79 Å². The highest BCUT2D eigenvalue weighted by Crippen LogP contribution is 2.23. The number of hydrogen-bond acceptors (Lipinski definition) is 2. The van der Waals surface area contributed by atoms with Crippen molar-refractivity contribution in [2.45, 2.75) is 13.3 Å². The van der Waals surface area contributed by atoms with E-state index in [1.54, 1.807) is 18.2 Å². The van der Waals surface area contributed by atoms with E-state index in [0.29, 0.717) is 11.3 Å². The lowest BCUT2D eigenvalue weighted by Crippen LogP contribution is -2.15. The Bertz CT molecular complexity index is 611. The fraction of sp³-hybridized carbons (Fsp3) is 0.133. The molecule has 0 saturated carbocycles. The molecule has 3 nitrogen and oxygen atoms in total. The predicted molar refractivity (Wildman–Crippen MR) is 82.3 cm³/mol. The average Bonchev–Trinajstić information content (AvgIpc) is 2.41. The second kappa shape index (κ2) is 5.89. The van der Waals surface area contributed by atoms with E-state index in [1.165, 1.54) is 0 Å². The number of rotatable bonds is 3. The number of para-hydroxylation sites is 1. The number of halogens is 1. The van der Waals surface area contributed by atoms with Gasteiger partial charge in [-0.3, -0.25) is 4.79 Å². The third-order valence-electron chi connectivity index (χ3n) is 2.90. The molecule has 0 aromatic heterocycles. The Hall–Kier alpha value is -1.81. The first-order valence-electron chi connectivity index (χ1n) is 6.06. The lowest BCUT2D eigenvalue weighted by atomic mass is 10.1. The molecule has 0 unspecified atom stereocenters. The Balaban J connectivity index is 2.27. The monoisotopic (exact) mass is 318 g/mol. The number of nitrogen functional groups attached to an aromatic ring is 1. The van der Waals surface area contributed by atoms with Gasteiger partial charge in [0.2, 0.25) is 0 Å². The number of carbonyl (C=O) groups excluding carboxylic acids is 1. The van der Waals surface area contributed by atoms with Crippen LogP contribution in [0.2, 0.25) is 0 Å². The SMILES string of the molecule is CCc1cc(Br)ccc1NC(=O)c1ccccc1N. The molecule has 4 heteroatoms. The molecule has 0 bridgehead atoms. The normalized spacial score (nSPS) is 10.2. The van der Waals surface area contributed by atoms with Crippen LogP contribution in [0, 0.1) is 0 Å². The van der Waals surface area contributed by atoms with Gasteiger partial charge in [0.1, 0.15) is 0 Å². The van der Waals surface area contributed by atoms with Crippen LogP contribution in [0.1, 0.15) is 22.8 Å². The van der Waals surface area contributed by atoms with Crippen molar-refractivity contribution in [1.29, 1.82) is 0 Å². The van der Waals surface area contributed by atoms with Crippen molar-refractivity contribution in [3.8, 4) is 0 Å². The first kappa shape index (κ1) is 13.6. The number of nitrogens with one attached hydrogen (secondary N) is 1. The molecule has 2 aromatic rings. The van der Waals surface area contributed by atoms with Crippen molar-refractivity contribution in [3.63, 3.8) is 0 Å². The summed E-state index contributed by atoms with van der Waals surface area (Å²) < 4.78 is 1.00. The summed E-state index contributed by atoms with van der Waals surface area (Å²) in [7, 11) is 0. The summed E-state index contributed by atoms with van der Waals surface area (Å²) in [4.78, 5) is 12.2. The Morgan fingerprint density at radius 3 is 2.68 bits per heavy atom. The molecule has 0 fully saturated rings. The zero-order chi connectivity index (χ0) is 13.8. The highest BCUT2D eigenvalue weighted by Gasteiger charge is 2.11. The zero-order valence-electron chi connectivity index (χ0n) is 10.6. The van der Waals surface area contributed by atoms with Gasteiger partial charge in [-0.15, -0.1) is 0 Å². The molecule has 0 aliphatic heterocycles. The molecule has 1 amide bonds. The van der Waals surface area contributed by atoms with Gasteiger partial charge >= 0.3 is 0 Å². The second-order valence-electron chi connectivity index (χ2n) is 4.20. The van der Waals surface area contributed by atoms with Crippen molar-refractivity contribution in [3.05, 3.63) is 58.1 Å². The Kier molecular flexibility index (Phi) is 4.22. The summed E-state index contributed by atoms with van der Waals surface area (Å²) in [5.41, 5.74) is 8.68. The average molecular weight is 319 g/mol. The minimum absolute atomic E-state index is 0.185. The number of nitrogens with two attached hydrogens (primary N) is 1. The smallest absolute Gasteiger partial charge is 0.257 e. The minimum Gasteiger partial charge on any atom is -0.398 e. The molecule has 0 aliphatic carbocycles. The maximum atomic E-state index is 12.2. The standard InChI is InChI=1S/C15H15BrN2O/c1-2-10-9-11(16)7-8-14(10)18-15(19)12-5-3-4-6-13(12)17/h3-9H,2,17H2,1H3,(H,18,19). The number of hydrogen-bond donors (Lipinski definition) is 2. The highest BCUT2D eigenvalue weighted by molar-refractivity contribution is 9.10. The maximum Gasteiger partial charge on any atom is 0.257 e. The summed E-state index contributed by atoms with van der Waals surface area (Å²) in [6.45, 7) is 2.05. The number of anilines is 2. The number of aryl methyl sites for hydroxylation is 1. The van der Waals surface area contributed by atoms with E-state index < -0.39 is 0 Å². The van der Waals surface area contributed by atoms with Gasteiger partial charge in [0.05, 0.1) is 5.56 Å². The fourth-order valence-corrected chi connectivity index (χ4v) is 2.28. The van der Waals surface area contributed by atoms with E-state index in [-0.39, 0.29) is 5.91 Å². The van der Waals surface area contributed by atoms with E-state index in [0.717, 1.165) is 22.1 Å². The molecule has 2 aromatic carbocycles. The van der Waals surface area contributed by atoms with Crippen LogP contribution in [-0.4, -0.2) is 5.91 Å². The minimum atomic E-state index is -0.185. The molecule has 0 saturated heterocycles. The third-order valence-corrected chi connectivity index (χ3v) is 3.40. The Morgan fingerprint density at radius 1 is 1.26 bits per heavy atom. The number of amides is 1. The molecule has 19 heavy (non-hydrogen) atoms. The van der Waals surface area contributed by atoms with Crippen LogP contribution >= 0.6 is 15.9 Å². The first-order chi connectivity index (χ1) is 9.11. The van der Waals surface area contributed by atoms with Crippen LogP contribution < -0.4 is 11.1 Å². The van der Waals surface area contributed by atoms with Crippen molar-refractivity contribution in [1.82, 2.24) is 0 Å². The van der Waals surface area contributed by atoms with Crippen LogP contribution in [0.3, 0.4) is 0 Å². The summed E-state index contributed by atoms with van der Waals surface area (Å²) in [5.74, 6) is -0.185. The predicted octanol–water partition coefficient (Wildman–Crippen LogP) is 3.85. The highest BCUT2D eigenvalue weighted by atomic mass is 79.9. The van der Waals surface area contributed by atoms with Gasteiger partial charge < -0.3 is 11.1 Å². The van der Waals surface area contributed by atoms with E-state index >= 15 is 0 Å². The summed E-state index contributed by atoms with van der Waals surface area (Å²) in [5, 5.41) is 2.91. The maximum absolute atomic E-state index is 12.2. The van der Waals surface area contributed by atoms with Gasteiger partial charge in [-0.25, -0.2) is 0 Å². The number of carbonyl (C=O) groups is 1. The Labute approximate surface area is 121 Å². The van der Waals surface area contributed by atoms with Gasteiger partial charge in [-0.2, -0.15) is 0 Å². The third kappa shape index (κ3) is 3.15. The molecule has 0 atom stereocenters. The topological polar surface area (TPSA) is 55.1 Å². The fourth-order valence-electron chi connectivity index (χ4n) is 1.87. The van der Waals surface area contributed by atoms with E-state index in [4.69, 9.17) is 5.73 Å². The first-order valence-corrected chi connectivity index (χ1v) is 6.85. The molecule has 0 aliphatic rings. The van der Waals surface area contributed by atoms with Crippen molar-refractivity contribution < 1.29 is 4.79 Å². The molecule has 0 heterocycles. The molecular weight excluding hydrogens is 304 g/mol. The molecule has 2 rings (SSSR count). The van der Waals surface area contributed by atoms with Gasteiger partial charge in [-0.1, -0.05) is 35.0 Å². The van der Waals surface area contributed by atoms with Crippen LogP contribution in [0.15, 0.2) is 46.9 Å². The van der Waals surface area contributed by atoms with E-state index in [2.05, 4.69) is 21.2 Å². The lowest BCUT2D eigenvalue weighted by Gasteiger charge is -2.11. The summed E-state index contributed by atoms with van der Waals surface area (Å²) in [6.07, 6.45) is 0.847. The van der Waals surface area contributed by atoms with Crippen LogP contribution in [0.4, 0.5) is 11.4 Å². The molecule has 0 spiro atoms. The van der Waals surface area contributed by atoms with Crippen LogP contribution in [0.5, 0.6) is 0 Å². The van der Waals surface area contributed by atoms with Crippen LogP contribution in [0.25, 0.3) is 0 Å². The summed E-state index contributed by atoms with van der Waals surface area (Å²) in [6, 6.07) is 12.8. The number of benzene rings is 2. The lowest BCUT2D eigenvalue weighted by molar-refractivity contribution is 0.102. The van der Waals surface area contributed by atoms with E-state index in [1.807, 2.05) is 31.2 Å². The van der Waals surface area contributed by atoms with Gasteiger partial charge in [0.25, 0.3) is 5.91 Å². The second-order valence-corrected chi connectivity index (χ2v) is 5.11. The van der Waals surface area contributed by atoms with Crippen molar-refractivity contribution in [2.24, 2.45) is 0 Å². The summed E-state index contributed by atoms with van der Waals surface area (Å²) >= 11 is 3.43. The molecule has 3 N–H and O–H groups in total. The quantitative estimate of drug-likeness (QED) is 0.845. The van der Waals surface area contributed by atoms with Crippen molar-refractivity contribution in [2.75, 3.05) is 11.1 Å². The zero-order valence-corrected chi connectivity index (χ0v) is 12.2. The van der Waals surface area contributed by atoms with Gasteiger partial charge in [0.15, 0.2) is 0 Å². The molecule has 0 radical (unpaired) electrons. The van der Waals surface area contributed by atoms with Crippen molar-refractivity contribution >= 4 is 33.2 Å². The molecule has 98 valence electrons. The molecular formula is C15H15BrN2O. The Morgan fingerprint density at radius 2 is 2.00 bits per heavy atom. The van der Waals surface area contributed by atoms with Gasteiger partial charge in [-0.05, 0) is 42.3 Å². The van der Waals surface area contributed by atoms with Crippen LogP contribution in [-0.2, 0) is 6.42 Å². The van der Waals surface area contributed by atoms with Gasteiger partial charge in [0, 0.05) is 15.8 Å².